The highest BCUT2D eigenvalue weighted by Crippen LogP contribution is 2.16. The molecule has 0 aliphatic heterocycles. The minimum Gasteiger partial charge on any atom is -0.481 e. The van der Waals surface area contributed by atoms with Crippen LogP contribution in [0.2, 0.25) is 0 Å². The number of benzene rings is 2. The van der Waals surface area contributed by atoms with E-state index >= 15 is 0 Å². The summed E-state index contributed by atoms with van der Waals surface area (Å²) in [6, 6.07) is 16.0. The lowest BCUT2D eigenvalue weighted by Crippen LogP contribution is -2.25. The molecule has 0 heterocycles. The number of carboxylic acid groups (broad SMARTS) is 1. The van der Waals surface area contributed by atoms with Crippen LogP contribution < -0.4 is 5.32 Å². The van der Waals surface area contributed by atoms with Crippen molar-refractivity contribution >= 4 is 27.4 Å². The molecule has 0 aliphatic rings. The molecule has 0 aliphatic carbocycles. The van der Waals surface area contributed by atoms with Crippen LogP contribution in [0.15, 0.2) is 54.6 Å². The molecule has 0 aromatic heterocycles. The van der Waals surface area contributed by atoms with Gasteiger partial charge in [0.25, 0.3) is 0 Å². The minimum atomic E-state index is -3.54. The summed E-state index contributed by atoms with van der Waals surface area (Å²) in [5, 5.41) is 11.4. The van der Waals surface area contributed by atoms with Crippen LogP contribution in [0.3, 0.4) is 0 Å². The lowest BCUT2D eigenvalue weighted by atomic mass is 10.1. The maximum Gasteiger partial charge on any atom is 0.307 e. The smallest absolute Gasteiger partial charge is 0.307 e. The van der Waals surface area contributed by atoms with Gasteiger partial charge in [-0.2, -0.15) is 0 Å². The van der Waals surface area contributed by atoms with E-state index in [1.807, 2.05) is 30.3 Å². The summed E-state index contributed by atoms with van der Waals surface area (Å²) in [5.74, 6) is -2.39. The molecule has 0 unspecified atom stereocenters. The van der Waals surface area contributed by atoms with E-state index in [9.17, 15) is 18.0 Å². The highest BCUT2D eigenvalue weighted by atomic mass is 32.2. The van der Waals surface area contributed by atoms with Gasteiger partial charge < -0.3 is 10.4 Å². The molecule has 1 amide bonds. The van der Waals surface area contributed by atoms with Gasteiger partial charge in [-0.25, -0.2) is 8.42 Å². The molecule has 0 fully saturated rings. The van der Waals surface area contributed by atoms with Crippen molar-refractivity contribution in [1.29, 1.82) is 0 Å². The Kier molecular flexibility index (Phi) is 6.91. The standard InChI is InChI=1S/C19H21NO5S/c21-18(20-17-11-5-4-10-16(17)13-19(22)23)14-26(24,25)12-6-9-15-7-2-1-3-8-15/h1-5,7-8,10-11H,6,9,12-14H2,(H,20,21)(H,22,23). The van der Waals surface area contributed by atoms with Crippen LogP contribution in [0.25, 0.3) is 0 Å². The van der Waals surface area contributed by atoms with Crippen molar-refractivity contribution in [2.45, 2.75) is 19.3 Å². The fraction of sp³-hybridized carbons (Fsp3) is 0.263. The van der Waals surface area contributed by atoms with Crippen molar-refractivity contribution in [3.8, 4) is 0 Å². The number of hydrogen-bond donors (Lipinski definition) is 2. The van der Waals surface area contributed by atoms with Gasteiger partial charge in [0.05, 0.1) is 12.2 Å². The van der Waals surface area contributed by atoms with Gasteiger partial charge >= 0.3 is 5.97 Å². The number of para-hydroxylation sites is 1. The Bertz CT molecular complexity index is 863. The average molecular weight is 375 g/mol. The molecule has 0 spiro atoms. The molecule has 26 heavy (non-hydrogen) atoms. The summed E-state index contributed by atoms with van der Waals surface area (Å²) in [6.45, 7) is 0. The lowest BCUT2D eigenvalue weighted by molar-refractivity contribution is -0.136. The normalized spacial score (nSPS) is 11.1. The van der Waals surface area contributed by atoms with Crippen LogP contribution in [0.5, 0.6) is 0 Å². The Hall–Kier alpha value is -2.67. The summed E-state index contributed by atoms with van der Waals surface area (Å²) >= 11 is 0. The number of anilines is 1. The van der Waals surface area contributed by atoms with Gasteiger partial charge in [-0.05, 0) is 30.0 Å². The van der Waals surface area contributed by atoms with Gasteiger partial charge in [0.15, 0.2) is 9.84 Å². The van der Waals surface area contributed by atoms with Crippen molar-refractivity contribution in [2.75, 3.05) is 16.8 Å². The molecular weight excluding hydrogens is 354 g/mol. The zero-order chi connectivity index (χ0) is 19.0. The van der Waals surface area contributed by atoms with E-state index < -0.39 is 27.5 Å². The predicted molar refractivity (Wildman–Crippen MR) is 99.8 cm³/mol. The topological polar surface area (TPSA) is 101 Å². The zero-order valence-corrected chi connectivity index (χ0v) is 15.0. The van der Waals surface area contributed by atoms with Crippen molar-refractivity contribution in [3.63, 3.8) is 0 Å². The van der Waals surface area contributed by atoms with Crippen LogP contribution in [0.4, 0.5) is 5.69 Å². The average Bonchev–Trinajstić information content (AvgIpc) is 2.56. The van der Waals surface area contributed by atoms with Crippen LogP contribution in [-0.2, 0) is 32.3 Å². The van der Waals surface area contributed by atoms with E-state index in [0.717, 1.165) is 5.56 Å². The molecule has 138 valence electrons. The van der Waals surface area contributed by atoms with Gasteiger partial charge in [-0.3, -0.25) is 9.59 Å². The Labute approximate surface area is 152 Å². The van der Waals surface area contributed by atoms with Crippen LogP contribution >= 0.6 is 0 Å². The van der Waals surface area contributed by atoms with Crippen molar-refractivity contribution in [3.05, 3.63) is 65.7 Å². The van der Waals surface area contributed by atoms with Crippen molar-refractivity contribution in [2.24, 2.45) is 0 Å². The third kappa shape index (κ3) is 6.68. The van der Waals surface area contributed by atoms with Gasteiger partial charge in [-0.1, -0.05) is 48.5 Å². The molecule has 6 nitrogen and oxygen atoms in total. The summed E-state index contributed by atoms with van der Waals surface area (Å²) < 4.78 is 24.3. The van der Waals surface area contributed by atoms with Crippen molar-refractivity contribution < 1.29 is 23.1 Å². The van der Waals surface area contributed by atoms with Gasteiger partial charge in [0.1, 0.15) is 5.75 Å². The molecule has 0 bridgehead atoms. The first-order chi connectivity index (χ1) is 12.4. The molecule has 0 atom stereocenters. The SMILES string of the molecule is O=C(O)Cc1ccccc1NC(=O)CS(=O)(=O)CCCc1ccccc1. The second kappa shape index (κ2) is 9.15. The highest BCUT2D eigenvalue weighted by molar-refractivity contribution is 7.92. The molecular formula is C19H21NO5S. The predicted octanol–water partition coefficient (Wildman–Crippen LogP) is 2.30. The Morgan fingerprint density at radius 3 is 2.31 bits per heavy atom. The van der Waals surface area contributed by atoms with E-state index in [1.165, 1.54) is 0 Å². The first-order valence-corrected chi connectivity index (χ1v) is 10.0. The maximum absolute atomic E-state index is 12.1. The molecule has 0 saturated carbocycles. The number of aliphatic carboxylic acids is 1. The van der Waals surface area contributed by atoms with Gasteiger partial charge in [0.2, 0.25) is 5.91 Å². The Morgan fingerprint density at radius 2 is 1.62 bits per heavy atom. The van der Waals surface area contributed by atoms with Gasteiger partial charge in [-0.15, -0.1) is 0 Å². The monoisotopic (exact) mass is 375 g/mol. The summed E-state index contributed by atoms with van der Waals surface area (Å²) in [6.07, 6.45) is 0.818. The lowest BCUT2D eigenvalue weighted by Gasteiger charge is -2.10. The van der Waals surface area contributed by atoms with E-state index in [1.54, 1.807) is 24.3 Å². The molecule has 2 aromatic rings. The van der Waals surface area contributed by atoms with E-state index in [0.29, 0.717) is 24.1 Å². The number of carboxylic acids is 1. The second-order valence-electron chi connectivity index (χ2n) is 5.96. The number of amides is 1. The summed E-state index contributed by atoms with van der Waals surface area (Å²) in [7, 11) is -3.54. The number of carbonyl (C=O) groups is 2. The number of carbonyl (C=O) groups excluding carboxylic acids is 1. The highest BCUT2D eigenvalue weighted by Gasteiger charge is 2.18. The van der Waals surface area contributed by atoms with Gasteiger partial charge in [0, 0.05) is 5.69 Å². The Morgan fingerprint density at radius 1 is 0.962 bits per heavy atom. The summed E-state index contributed by atoms with van der Waals surface area (Å²) in [4.78, 5) is 22.9. The second-order valence-corrected chi connectivity index (χ2v) is 8.14. The van der Waals surface area contributed by atoms with Crippen LogP contribution in [0, 0.1) is 0 Å². The minimum absolute atomic E-state index is 0.0773. The molecule has 0 saturated heterocycles. The fourth-order valence-corrected chi connectivity index (χ4v) is 3.76. The third-order valence-corrected chi connectivity index (χ3v) is 5.36. The maximum atomic E-state index is 12.1. The van der Waals surface area contributed by atoms with Crippen LogP contribution in [0.1, 0.15) is 17.5 Å². The fourth-order valence-electron chi connectivity index (χ4n) is 2.56. The number of aryl methyl sites for hydroxylation is 1. The van der Waals surface area contributed by atoms with E-state index in [4.69, 9.17) is 5.11 Å². The molecule has 2 aromatic carbocycles. The first kappa shape index (κ1) is 19.7. The van der Waals surface area contributed by atoms with Crippen LogP contribution in [-0.4, -0.2) is 36.9 Å². The number of nitrogens with one attached hydrogen (secondary N) is 1. The zero-order valence-electron chi connectivity index (χ0n) is 14.2. The quantitative estimate of drug-likeness (QED) is 0.700. The van der Waals surface area contributed by atoms with Crippen molar-refractivity contribution in [1.82, 2.24) is 0 Å². The van der Waals surface area contributed by atoms with E-state index in [-0.39, 0.29) is 12.2 Å². The number of hydrogen-bond acceptors (Lipinski definition) is 4. The number of sulfone groups is 1. The molecule has 2 N–H and O–H groups in total. The van der Waals surface area contributed by atoms with E-state index in [2.05, 4.69) is 5.32 Å². The molecule has 2 rings (SSSR count). The third-order valence-electron chi connectivity index (χ3n) is 3.75. The summed E-state index contributed by atoms with van der Waals surface area (Å²) in [5.41, 5.74) is 1.80. The molecule has 0 radical (unpaired) electrons. The number of rotatable bonds is 9. The Balaban J connectivity index is 1.89. The molecule has 7 heteroatoms. The largest absolute Gasteiger partial charge is 0.481 e. The first-order valence-electron chi connectivity index (χ1n) is 8.19.